The molecule has 0 saturated heterocycles. The number of esters is 1. The second-order valence-electron chi connectivity index (χ2n) is 6.72. The number of nitrogens with one attached hydrogen (secondary N) is 1. The maximum absolute atomic E-state index is 12.9. The molecule has 1 unspecified atom stereocenters. The van der Waals surface area contributed by atoms with Crippen molar-refractivity contribution < 1.29 is 9.53 Å². The van der Waals surface area contributed by atoms with Crippen molar-refractivity contribution in [2.45, 2.75) is 32.6 Å². The van der Waals surface area contributed by atoms with E-state index >= 15 is 0 Å². The van der Waals surface area contributed by atoms with Crippen LogP contribution in [0.4, 0.5) is 0 Å². The van der Waals surface area contributed by atoms with E-state index in [0.29, 0.717) is 23.7 Å². The number of thiophene rings is 1. The van der Waals surface area contributed by atoms with Crippen LogP contribution in [0.5, 0.6) is 0 Å². The molecule has 1 saturated carbocycles. The van der Waals surface area contributed by atoms with Gasteiger partial charge in [0.15, 0.2) is 0 Å². The Morgan fingerprint density at radius 2 is 2.15 bits per heavy atom. The summed E-state index contributed by atoms with van der Waals surface area (Å²) in [6.45, 7) is 4.05. The Morgan fingerprint density at radius 1 is 1.38 bits per heavy atom. The number of rotatable bonds is 4. The molecule has 4 rings (SSSR count). The summed E-state index contributed by atoms with van der Waals surface area (Å²) in [4.78, 5) is 12.9. The van der Waals surface area contributed by atoms with E-state index in [2.05, 4.69) is 28.9 Å². The predicted octanol–water partition coefficient (Wildman–Crippen LogP) is 4.61. The Morgan fingerprint density at radius 3 is 2.85 bits per heavy atom. The van der Waals surface area contributed by atoms with E-state index in [1.54, 1.807) is 11.3 Å². The van der Waals surface area contributed by atoms with Gasteiger partial charge in [0.05, 0.1) is 29.7 Å². The van der Waals surface area contributed by atoms with Gasteiger partial charge < -0.3 is 10.1 Å². The van der Waals surface area contributed by atoms with E-state index in [-0.39, 0.29) is 11.9 Å². The number of benzene rings is 1. The summed E-state index contributed by atoms with van der Waals surface area (Å²) in [5.41, 5.74) is 4.01. The van der Waals surface area contributed by atoms with Gasteiger partial charge in [-0.2, -0.15) is 5.26 Å². The average Bonchev–Trinajstić information content (AvgIpc) is 3.40. The highest BCUT2D eigenvalue weighted by Gasteiger charge is 2.41. The number of fused-ring (bicyclic) bond motifs is 1. The summed E-state index contributed by atoms with van der Waals surface area (Å²) in [6.07, 6.45) is 2.13. The molecular weight excluding hydrogens is 344 g/mol. The average molecular weight is 364 g/mol. The zero-order chi connectivity index (χ0) is 18.3. The Labute approximate surface area is 156 Å². The van der Waals surface area contributed by atoms with E-state index in [1.807, 2.05) is 26.0 Å². The van der Waals surface area contributed by atoms with Gasteiger partial charge in [0.2, 0.25) is 0 Å². The number of nitrogens with zero attached hydrogens (tertiary/aromatic N) is 1. The topological polar surface area (TPSA) is 62.1 Å². The van der Waals surface area contributed by atoms with Gasteiger partial charge in [-0.25, -0.2) is 4.79 Å². The number of nitriles is 1. The summed E-state index contributed by atoms with van der Waals surface area (Å²) in [6, 6.07) is 10.5. The maximum atomic E-state index is 12.9. The fourth-order valence-corrected chi connectivity index (χ4v) is 4.65. The van der Waals surface area contributed by atoms with Crippen molar-refractivity contribution in [3.8, 4) is 6.07 Å². The molecule has 1 aromatic carbocycles. The van der Waals surface area contributed by atoms with E-state index in [1.165, 1.54) is 0 Å². The first-order chi connectivity index (χ1) is 12.7. The molecule has 0 radical (unpaired) electrons. The van der Waals surface area contributed by atoms with Crippen LogP contribution in [0.15, 0.2) is 52.2 Å². The molecule has 0 amide bonds. The van der Waals surface area contributed by atoms with Crippen LogP contribution in [0.2, 0.25) is 0 Å². The number of dihydropyridines is 1. The smallest absolute Gasteiger partial charge is 0.336 e. The van der Waals surface area contributed by atoms with Crippen molar-refractivity contribution >= 4 is 27.4 Å². The Hall–Kier alpha value is -2.58. The molecule has 0 spiro atoms. The lowest BCUT2D eigenvalue weighted by Gasteiger charge is -2.29. The minimum atomic E-state index is -0.368. The lowest BCUT2D eigenvalue weighted by atomic mass is 9.80. The molecule has 2 aromatic rings. The van der Waals surface area contributed by atoms with E-state index in [9.17, 15) is 10.1 Å². The van der Waals surface area contributed by atoms with Gasteiger partial charge in [0, 0.05) is 16.1 Å². The monoisotopic (exact) mass is 364 g/mol. The molecule has 132 valence electrons. The fraction of sp³-hybridized carbons (Fsp3) is 0.333. The van der Waals surface area contributed by atoms with Crippen LogP contribution in [0.3, 0.4) is 0 Å². The van der Waals surface area contributed by atoms with Gasteiger partial charge in [-0.15, -0.1) is 11.3 Å². The highest BCUT2D eigenvalue weighted by molar-refractivity contribution is 7.17. The molecule has 1 atom stereocenters. The lowest BCUT2D eigenvalue weighted by molar-refractivity contribution is -0.138. The number of allylic oxidation sites excluding steroid dienone is 3. The summed E-state index contributed by atoms with van der Waals surface area (Å²) >= 11 is 1.65. The maximum Gasteiger partial charge on any atom is 0.336 e. The van der Waals surface area contributed by atoms with Crippen LogP contribution in [0, 0.1) is 17.2 Å². The first-order valence-corrected chi connectivity index (χ1v) is 9.78. The van der Waals surface area contributed by atoms with Gasteiger partial charge >= 0.3 is 5.97 Å². The summed E-state index contributed by atoms with van der Waals surface area (Å²) in [5.74, 6) is -0.327. The van der Waals surface area contributed by atoms with Crippen LogP contribution in [-0.2, 0) is 9.53 Å². The molecule has 2 heterocycles. The largest absolute Gasteiger partial charge is 0.463 e. The van der Waals surface area contributed by atoms with Crippen LogP contribution < -0.4 is 5.32 Å². The molecule has 2 aliphatic rings. The number of carbonyl (C=O) groups excluding carboxylic acids is 1. The molecule has 5 heteroatoms. The quantitative estimate of drug-likeness (QED) is 0.805. The number of ether oxygens (including phenoxy) is 1. The summed E-state index contributed by atoms with van der Waals surface area (Å²) in [5, 5.41) is 16.4. The van der Waals surface area contributed by atoms with Crippen LogP contribution >= 0.6 is 11.3 Å². The highest BCUT2D eigenvalue weighted by Crippen LogP contribution is 2.47. The van der Waals surface area contributed by atoms with Gasteiger partial charge in [0.25, 0.3) is 0 Å². The van der Waals surface area contributed by atoms with Crippen molar-refractivity contribution in [2.75, 3.05) is 6.61 Å². The Kier molecular flexibility index (Phi) is 4.29. The van der Waals surface area contributed by atoms with E-state index in [4.69, 9.17) is 4.74 Å². The van der Waals surface area contributed by atoms with Gasteiger partial charge in [-0.3, -0.25) is 0 Å². The minimum Gasteiger partial charge on any atom is -0.463 e. The lowest BCUT2D eigenvalue weighted by Crippen LogP contribution is -2.30. The molecule has 1 aliphatic carbocycles. The molecule has 0 bridgehead atoms. The third kappa shape index (κ3) is 2.71. The van der Waals surface area contributed by atoms with Gasteiger partial charge in [-0.1, -0.05) is 18.2 Å². The minimum absolute atomic E-state index is 0.317. The van der Waals surface area contributed by atoms with Crippen molar-refractivity contribution in [2.24, 2.45) is 5.92 Å². The molecule has 1 N–H and O–H groups in total. The molecule has 1 fully saturated rings. The first kappa shape index (κ1) is 16.9. The predicted molar refractivity (Wildman–Crippen MR) is 102 cm³/mol. The Bertz CT molecular complexity index is 989. The number of carbonyl (C=O) groups is 1. The van der Waals surface area contributed by atoms with E-state index < -0.39 is 0 Å². The van der Waals surface area contributed by atoms with Crippen molar-refractivity contribution in [1.29, 1.82) is 5.26 Å². The van der Waals surface area contributed by atoms with Crippen LogP contribution in [-0.4, -0.2) is 12.6 Å². The molecule has 26 heavy (non-hydrogen) atoms. The van der Waals surface area contributed by atoms with Crippen molar-refractivity contribution in [3.63, 3.8) is 0 Å². The summed E-state index contributed by atoms with van der Waals surface area (Å²) < 4.78 is 6.55. The van der Waals surface area contributed by atoms with E-state index in [0.717, 1.165) is 39.9 Å². The van der Waals surface area contributed by atoms with Crippen LogP contribution in [0.25, 0.3) is 10.1 Å². The van der Waals surface area contributed by atoms with Gasteiger partial charge in [0.1, 0.15) is 0 Å². The number of hydrogen-bond acceptors (Lipinski definition) is 5. The van der Waals surface area contributed by atoms with Crippen molar-refractivity contribution in [3.05, 3.63) is 57.7 Å². The summed E-state index contributed by atoms with van der Waals surface area (Å²) in [7, 11) is 0. The third-order valence-corrected chi connectivity index (χ3v) is 6.00. The standard InChI is InChI=1S/C21H20N2O2S/c1-3-25-21(24)19-18(16-11-26-17-7-5-4-6-14(16)17)15(10-22)12(2)23-20(19)13-8-9-13/h4-7,11,13,18,23H,3,8-9H2,1-2H3. The van der Waals surface area contributed by atoms with Crippen molar-refractivity contribution in [1.82, 2.24) is 5.32 Å². The third-order valence-electron chi connectivity index (χ3n) is 5.02. The molecule has 1 aliphatic heterocycles. The molecule has 1 aromatic heterocycles. The molecule has 4 nitrogen and oxygen atoms in total. The second kappa shape index (κ2) is 6.62. The highest BCUT2D eigenvalue weighted by atomic mass is 32.1. The zero-order valence-electron chi connectivity index (χ0n) is 14.8. The SMILES string of the molecule is CCOC(=O)C1=C(C2CC2)NC(C)=C(C#N)C1c1csc2ccccc12. The second-order valence-corrected chi connectivity index (χ2v) is 7.63. The number of hydrogen-bond donors (Lipinski definition) is 1. The van der Waals surface area contributed by atoms with Gasteiger partial charge in [-0.05, 0) is 55.0 Å². The normalized spacial score (nSPS) is 20.1. The molecular formula is C21H20N2O2S. The first-order valence-electron chi connectivity index (χ1n) is 8.90. The zero-order valence-corrected chi connectivity index (χ0v) is 15.7. The fourth-order valence-electron chi connectivity index (χ4n) is 3.66. The van der Waals surface area contributed by atoms with Crippen LogP contribution in [0.1, 0.15) is 38.2 Å². The Balaban J connectivity index is 1.95.